The van der Waals surface area contributed by atoms with E-state index in [1.165, 1.54) is 23.3 Å². The van der Waals surface area contributed by atoms with E-state index in [1.807, 2.05) is 11.8 Å². The van der Waals surface area contributed by atoms with E-state index in [1.54, 1.807) is 18.2 Å². The highest BCUT2D eigenvalue weighted by Crippen LogP contribution is 2.37. The SMILES string of the molecule is C=CCN1C(=S)NC(c2ccc(C)c(C)c2)C(c2nc(-c3cccc(F)c3)no2)=C1C. The summed E-state index contributed by atoms with van der Waals surface area (Å²) in [5.41, 5.74) is 5.72. The minimum atomic E-state index is -0.353. The van der Waals surface area contributed by atoms with Gasteiger partial charge >= 0.3 is 0 Å². The van der Waals surface area contributed by atoms with Crippen LogP contribution in [0.1, 0.15) is 35.5 Å². The number of rotatable bonds is 5. The average Bonchev–Trinajstić information content (AvgIpc) is 3.22. The molecule has 0 aliphatic carbocycles. The minimum Gasteiger partial charge on any atom is -0.351 e. The van der Waals surface area contributed by atoms with Crippen LogP contribution in [-0.2, 0) is 0 Å². The Kier molecular flexibility index (Phi) is 5.69. The Morgan fingerprint density at radius 3 is 2.71 bits per heavy atom. The molecular formula is C24H23FN4OS. The van der Waals surface area contributed by atoms with Gasteiger partial charge in [0.2, 0.25) is 5.82 Å². The Morgan fingerprint density at radius 1 is 1.19 bits per heavy atom. The van der Waals surface area contributed by atoms with Gasteiger partial charge in [0.25, 0.3) is 5.89 Å². The first kappa shape index (κ1) is 20.9. The Labute approximate surface area is 186 Å². The summed E-state index contributed by atoms with van der Waals surface area (Å²) in [7, 11) is 0. The van der Waals surface area contributed by atoms with Crippen molar-refractivity contribution in [3.05, 3.63) is 89.2 Å². The van der Waals surface area contributed by atoms with Gasteiger partial charge in [0.05, 0.1) is 11.6 Å². The summed E-state index contributed by atoms with van der Waals surface area (Å²) in [6.45, 7) is 10.5. The maximum Gasteiger partial charge on any atom is 0.258 e. The van der Waals surface area contributed by atoms with E-state index in [2.05, 4.69) is 54.1 Å². The standard InChI is InChI=1S/C24H23FN4OS/c1-5-11-29-16(4)20(21(26-24(29)31)17-10-9-14(2)15(3)12-17)23-27-22(28-30-23)18-7-6-8-19(25)13-18/h5-10,12-13,21H,1,11H2,2-4H3,(H,26,31). The van der Waals surface area contributed by atoms with Crippen molar-refractivity contribution < 1.29 is 8.91 Å². The van der Waals surface area contributed by atoms with Crippen LogP contribution >= 0.6 is 12.2 Å². The normalized spacial score (nSPS) is 16.5. The number of thiocarbonyl (C=S) groups is 1. The Bertz CT molecular complexity index is 1200. The van der Waals surface area contributed by atoms with E-state index in [0.29, 0.717) is 28.9 Å². The van der Waals surface area contributed by atoms with Crippen molar-refractivity contribution >= 4 is 22.9 Å². The van der Waals surface area contributed by atoms with E-state index in [-0.39, 0.29) is 11.9 Å². The molecule has 1 atom stereocenters. The molecule has 2 aromatic carbocycles. The van der Waals surface area contributed by atoms with E-state index in [0.717, 1.165) is 16.8 Å². The second-order valence-corrected chi connectivity index (χ2v) is 7.94. The summed E-state index contributed by atoms with van der Waals surface area (Å²) in [6, 6.07) is 12.2. The molecule has 2 heterocycles. The molecule has 5 nitrogen and oxygen atoms in total. The third kappa shape index (κ3) is 4.01. The molecule has 7 heteroatoms. The van der Waals surface area contributed by atoms with Crippen molar-refractivity contribution in [2.75, 3.05) is 6.54 Å². The number of nitrogens with zero attached hydrogens (tertiary/aromatic N) is 3. The van der Waals surface area contributed by atoms with Crippen LogP contribution in [0.15, 0.2) is 65.3 Å². The largest absolute Gasteiger partial charge is 0.351 e. The lowest BCUT2D eigenvalue weighted by Gasteiger charge is -2.37. The minimum absolute atomic E-state index is 0.256. The second-order valence-electron chi connectivity index (χ2n) is 7.56. The number of halogens is 1. The fourth-order valence-corrected chi connectivity index (χ4v) is 4.01. The molecule has 1 aromatic heterocycles. The van der Waals surface area contributed by atoms with Gasteiger partial charge in [0.1, 0.15) is 5.82 Å². The lowest BCUT2D eigenvalue weighted by Crippen LogP contribution is -2.45. The van der Waals surface area contributed by atoms with Gasteiger partial charge in [-0.25, -0.2) is 4.39 Å². The van der Waals surface area contributed by atoms with Gasteiger partial charge < -0.3 is 14.7 Å². The van der Waals surface area contributed by atoms with Crippen LogP contribution in [0.25, 0.3) is 17.0 Å². The highest BCUT2D eigenvalue weighted by molar-refractivity contribution is 7.80. The molecule has 0 bridgehead atoms. The predicted molar refractivity (Wildman–Crippen MR) is 124 cm³/mol. The topological polar surface area (TPSA) is 54.2 Å². The maximum atomic E-state index is 13.7. The zero-order chi connectivity index (χ0) is 22.1. The van der Waals surface area contributed by atoms with Crippen molar-refractivity contribution in [1.29, 1.82) is 0 Å². The fraction of sp³-hybridized carbons (Fsp3) is 0.208. The summed E-state index contributed by atoms with van der Waals surface area (Å²) >= 11 is 5.63. The Balaban J connectivity index is 1.84. The molecule has 0 radical (unpaired) electrons. The van der Waals surface area contributed by atoms with Crippen molar-refractivity contribution in [2.45, 2.75) is 26.8 Å². The van der Waals surface area contributed by atoms with Gasteiger partial charge in [-0.05, 0) is 61.8 Å². The van der Waals surface area contributed by atoms with E-state index >= 15 is 0 Å². The van der Waals surface area contributed by atoms with Gasteiger partial charge in [-0.3, -0.25) is 0 Å². The van der Waals surface area contributed by atoms with Gasteiger partial charge in [0.15, 0.2) is 5.11 Å². The quantitative estimate of drug-likeness (QED) is 0.432. The zero-order valence-corrected chi connectivity index (χ0v) is 18.5. The summed E-state index contributed by atoms with van der Waals surface area (Å²) in [4.78, 5) is 6.54. The van der Waals surface area contributed by atoms with Crippen molar-refractivity contribution in [3.8, 4) is 11.4 Å². The molecular weight excluding hydrogens is 411 g/mol. The van der Waals surface area contributed by atoms with Gasteiger partial charge in [0, 0.05) is 17.8 Å². The molecule has 4 rings (SSSR count). The first-order chi connectivity index (χ1) is 14.9. The number of hydrogen-bond donors (Lipinski definition) is 1. The molecule has 0 amide bonds. The third-order valence-electron chi connectivity index (χ3n) is 5.51. The van der Waals surface area contributed by atoms with Crippen LogP contribution in [0.2, 0.25) is 0 Å². The molecule has 31 heavy (non-hydrogen) atoms. The molecule has 1 N–H and O–H groups in total. The molecule has 0 saturated carbocycles. The van der Waals surface area contributed by atoms with Gasteiger partial charge in [-0.1, -0.05) is 41.6 Å². The Morgan fingerprint density at radius 2 is 2.00 bits per heavy atom. The van der Waals surface area contributed by atoms with Crippen molar-refractivity contribution in [2.24, 2.45) is 0 Å². The lowest BCUT2D eigenvalue weighted by atomic mass is 9.92. The van der Waals surface area contributed by atoms with Crippen LogP contribution in [0, 0.1) is 19.7 Å². The average molecular weight is 435 g/mol. The number of aryl methyl sites for hydroxylation is 2. The highest BCUT2D eigenvalue weighted by atomic mass is 32.1. The molecule has 1 aliphatic rings. The fourth-order valence-electron chi connectivity index (χ4n) is 3.68. The van der Waals surface area contributed by atoms with Gasteiger partial charge in [-0.15, -0.1) is 6.58 Å². The molecule has 3 aromatic rings. The van der Waals surface area contributed by atoms with E-state index in [4.69, 9.17) is 16.7 Å². The predicted octanol–water partition coefficient (Wildman–Crippen LogP) is 5.34. The zero-order valence-electron chi connectivity index (χ0n) is 17.6. The summed E-state index contributed by atoms with van der Waals surface area (Å²) in [5.74, 6) is 0.343. The van der Waals surface area contributed by atoms with Crippen LogP contribution in [-0.4, -0.2) is 26.7 Å². The third-order valence-corrected chi connectivity index (χ3v) is 5.85. The number of nitrogens with one attached hydrogen (secondary N) is 1. The van der Waals surface area contributed by atoms with Crippen LogP contribution in [0.5, 0.6) is 0 Å². The maximum absolute atomic E-state index is 13.7. The van der Waals surface area contributed by atoms with Crippen molar-refractivity contribution in [3.63, 3.8) is 0 Å². The lowest BCUT2D eigenvalue weighted by molar-refractivity contribution is 0.399. The van der Waals surface area contributed by atoms with Crippen LogP contribution < -0.4 is 5.32 Å². The summed E-state index contributed by atoms with van der Waals surface area (Å²) < 4.78 is 19.3. The van der Waals surface area contributed by atoms with Crippen LogP contribution in [0.4, 0.5) is 4.39 Å². The monoisotopic (exact) mass is 434 g/mol. The molecule has 0 spiro atoms. The van der Waals surface area contributed by atoms with E-state index in [9.17, 15) is 4.39 Å². The molecule has 0 fully saturated rings. The molecule has 1 unspecified atom stereocenters. The molecule has 1 aliphatic heterocycles. The second kappa shape index (κ2) is 8.43. The Hall–Kier alpha value is -3.32. The highest BCUT2D eigenvalue weighted by Gasteiger charge is 2.33. The molecule has 0 saturated heterocycles. The van der Waals surface area contributed by atoms with Crippen LogP contribution in [0.3, 0.4) is 0 Å². The summed E-state index contributed by atoms with van der Waals surface area (Å²) in [6.07, 6.45) is 1.79. The van der Waals surface area contributed by atoms with Crippen molar-refractivity contribution in [1.82, 2.24) is 20.4 Å². The van der Waals surface area contributed by atoms with Gasteiger partial charge in [-0.2, -0.15) is 4.98 Å². The number of aromatic nitrogens is 2. The number of hydrogen-bond acceptors (Lipinski definition) is 4. The smallest absolute Gasteiger partial charge is 0.258 e. The molecule has 158 valence electrons. The first-order valence-electron chi connectivity index (χ1n) is 9.96. The van der Waals surface area contributed by atoms with E-state index < -0.39 is 0 Å². The number of allylic oxidation sites excluding steroid dienone is 1. The summed E-state index contributed by atoms with van der Waals surface area (Å²) in [5, 5.41) is 8.12. The first-order valence-corrected chi connectivity index (χ1v) is 10.4. The number of benzene rings is 2.